The van der Waals surface area contributed by atoms with E-state index in [1.165, 1.54) is 18.2 Å². The van der Waals surface area contributed by atoms with Crippen molar-refractivity contribution < 1.29 is 19.8 Å². The molecule has 0 radical (unpaired) electrons. The molecule has 0 atom stereocenters. The van der Waals surface area contributed by atoms with Gasteiger partial charge < -0.3 is 15.5 Å². The van der Waals surface area contributed by atoms with Gasteiger partial charge in [-0.2, -0.15) is 0 Å². The van der Waals surface area contributed by atoms with Crippen molar-refractivity contribution in [3.05, 3.63) is 40.0 Å². The molecule has 3 N–H and O–H groups in total. The Labute approximate surface area is 106 Å². The van der Waals surface area contributed by atoms with Gasteiger partial charge in [-0.25, -0.2) is 9.59 Å². The Bertz CT molecular complexity index is 479. The maximum atomic E-state index is 10.7. The summed E-state index contributed by atoms with van der Waals surface area (Å²) in [7, 11) is 0. The Kier molecular flexibility index (Phi) is 4.37. The van der Waals surface area contributed by atoms with E-state index in [1.54, 1.807) is 0 Å². The third-order valence-corrected chi connectivity index (χ3v) is 2.08. The summed E-state index contributed by atoms with van der Waals surface area (Å²) in [5, 5.41) is 20.3. The summed E-state index contributed by atoms with van der Waals surface area (Å²) in [5.74, 6) is -2.77. The molecule has 0 aliphatic heterocycles. The fourth-order valence-electron chi connectivity index (χ4n) is 1.06. The lowest BCUT2D eigenvalue weighted by Gasteiger charge is -2.07. The second-order valence-electron chi connectivity index (χ2n) is 2.98. The molecule has 0 amide bonds. The predicted octanol–water partition coefficient (Wildman–Crippen LogP) is 2.46. The largest absolute Gasteiger partial charge is 0.478 e. The Morgan fingerprint density at radius 1 is 1.12 bits per heavy atom. The number of rotatable bonds is 4. The van der Waals surface area contributed by atoms with Crippen LogP contribution in [0.5, 0.6) is 0 Å². The Morgan fingerprint density at radius 3 is 2.06 bits per heavy atom. The van der Waals surface area contributed by atoms with Crippen molar-refractivity contribution in [3.8, 4) is 0 Å². The van der Waals surface area contributed by atoms with Crippen LogP contribution in [-0.4, -0.2) is 22.2 Å². The van der Waals surface area contributed by atoms with Crippen LogP contribution in [0.15, 0.2) is 30.0 Å². The van der Waals surface area contributed by atoms with Gasteiger partial charge in [0.1, 0.15) is 5.70 Å². The van der Waals surface area contributed by atoms with E-state index in [1.807, 2.05) is 0 Å². The van der Waals surface area contributed by atoms with Gasteiger partial charge in [-0.1, -0.05) is 23.2 Å². The van der Waals surface area contributed by atoms with Crippen molar-refractivity contribution in [3.63, 3.8) is 0 Å². The summed E-state index contributed by atoms with van der Waals surface area (Å²) in [6, 6.07) is 4.31. The molecule has 1 aromatic carbocycles. The highest BCUT2D eigenvalue weighted by Gasteiger charge is 2.10. The minimum Gasteiger partial charge on any atom is -0.478 e. The van der Waals surface area contributed by atoms with Crippen LogP contribution in [-0.2, 0) is 9.59 Å². The fourth-order valence-corrected chi connectivity index (χ4v) is 1.58. The molecule has 0 fully saturated rings. The molecule has 5 nitrogen and oxygen atoms in total. The molecule has 17 heavy (non-hydrogen) atoms. The molecule has 7 heteroatoms. The number of hydrogen-bond acceptors (Lipinski definition) is 3. The Balaban J connectivity index is 3.02. The van der Waals surface area contributed by atoms with E-state index in [9.17, 15) is 9.59 Å². The zero-order chi connectivity index (χ0) is 13.0. The number of aliphatic carboxylic acids is 2. The van der Waals surface area contributed by atoms with E-state index in [0.29, 0.717) is 16.1 Å². The van der Waals surface area contributed by atoms with E-state index >= 15 is 0 Å². The number of hydrogen-bond donors (Lipinski definition) is 3. The highest BCUT2D eigenvalue weighted by Crippen LogP contribution is 2.23. The highest BCUT2D eigenvalue weighted by molar-refractivity contribution is 6.35. The third kappa shape index (κ3) is 4.34. The molecule has 0 unspecified atom stereocenters. The van der Waals surface area contributed by atoms with Gasteiger partial charge in [0.25, 0.3) is 0 Å². The van der Waals surface area contributed by atoms with Gasteiger partial charge in [-0.15, -0.1) is 0 Å². The SMILES string of the molecule is O=C(O)/C=C(\Nc1cc(Cl)cc(Cl)c1)C(=O)O. The second-order valence-corrected chi connectivity index (χ2v) is 3.86. The number of nitrogens with one attached hydrogen (secondary N) is 1. The topological polar surface area (TPSA) is 86.6 Å². The van der Waals surface area contributed by atoms with Gasteiger partial charge in [-0.3, -0.25) is 0 Å². The first-order valence-electron chi connectivity index (χ1n) is 4.29. The van der Waals surface area contributed by atoms with Crippen LogP contribution in [0.1, 0.15) is 0 Å². The molecule has 0 bridgehead atoms. The lowest BCUT2D eigenvalue weighted by molar-refractivity contribution is -0.134. The number of carbonyl (C=O) groups is 2. The standard InChI is InChI=1S/C10H7Cl2NO4/c11-5-1-6(12)3-7(2-5)13-8(10(16)17)4-9(14)15/h1-4,13H,(H,14,15)(H,16,17)/b8-4-. The maximum absolute atomic E-state index is 10.7. The van der Waals surface area contributed by atoms with Crippen molar-refractivity contribution in [2.75, 3.05) is 5.32 Å². The molecule has 90 valence electrons. The summed E-state index contributed by atoms with van der Waals surface area (Å²) >= 11 is 11.4. The van der Waals surface area contributed by atoms with Crippen LogP contribution in [0.4, 0.5) is 5.69 Å². The second kappa shape index (κ2) is 5.56. The first-order valence-corrected chi connectivity index (χ1v) is 5.05. The van der Waals surface area contributed by atoms with E-state index < -0.39 is 17.6 Å². The Hall–Kier alpha value is -1.72. The van der Waals surface area contributed by atoms with E-state index in [4.69, 9.17) is 33.4 Å². The minimum atomic E-state index is -1.40. The number of benzene rings is 1. The average molecular weight is 276 g/mol. The lowest BCUT2D eigenvalue weighted by Crippen LogP contribution is -2.12. The van der Waals surface area contributed by atoms with Gasteiger partial charge in [0.2, 0.25) is 0 Å². The zero-order valence-corrected chi connectivity index (χ0v) is 9.79. The van der Waals surface area contributed by atoms with Gasteiger partial charge in [-0.05, 0) is 18.2 Å². The third-order valence-electron chi connectivity index (χ3n) is 1.64. The predicted molar refractivity (Wildman–Crippen MR) is 63.4 cm³/mol. The average Bonchev–Trinajstić information content (AvgIpc) is 2.13. The zero-order valence-electron chi connectivity index (χ0n) is 8.28. The van der Waals surface area contributed by atoms with Gasteiger partial charge in [0, 0.05) is 15.7 Å². The first-order chi connectivity index (χ1) is 7.88. The van der Waals surface area contributed by atoms with E-state index in [-0.39, 0.29) is 5.69 Å². The summed E-state index contributed by atoms with van der Waals surface area (Å²) < 4.78 is 0. The van der Waals surface area contributed by atoms with Crippen LogP contribution in [0, 0.1) is 0 Å². The van der Waals surface area contributed by atoms with Crippen LogP contribution in [0.25, 0.3) is 0 Å². The first kappa shape index (κ1) is 13.3. The summed E-state index contributed by atoms with van der Waals surface area (Å²) in [6.07, 6.45) is 0.539. The molecule has 0 spiro atoms. The molecule has 1 rings (SSSR count). The van der Waals surface area contributed by atoms with Crippen LogP contribution < -0.4 is 5.32 Å². The van der Waals surface area contributed by atoms with Crippen molar-refractivity contribution >= 4 is 40.8 Å². The van der Waals surface area contributed by atoms with Crippen molar-refractivity contribution in [2.24, 2.45) is 0 Å². The lowest BCUT2D eigenvalue weighted by atomic mass is 10.3. The van der Waals surface area contributed by atoms with Crippen molar-refractivity contribution in [1.29, 1.82) is 0 Å². The van der Waals surface area contributed by atoms with Crippen LogP contribution in [0.3, 0.4) is 0 Å². The van der Waals surface area contributed by atoms with Crippen molar-refractivity contribution in [2.45, 2.75) is 0 Å². The van der Waals surface area contributed by atoms with Gasteiger partial charge in [0.05, 0.1) is 6.08 Å². The van der Waals surface area contributed by atoms with E-state index in [2.05, 4.69) is 5.32 Å². The molecular formula is C10H7Cl2NO4. The molecule has 0 saturated carbocycles. The number of carboxylic acid groups (broad SMARTS) is 2. The fraction of sp³-hybridized carbons (Fsp3) is 0. The maximum Gasteiger partial charge on any atom is 0.352 e. The van der Waals surface area contributed by atoms with E-state index in [0.717, 1.165) is 0 Å². The van der Waals surface area contributed by atoms with Crippen LogP contribution in [0.2, 0.25) is 10.0 Å². The normalized spacial score (nSPS) is 11.1. The minimum absolute atomic E-state index is 0.289. The van der Waals surface area contributed by atoms with Gasteiger partial charge >= 0.3 is 11.9 Å². The molecule has 0 heterocycles. The molecular weight excluding hydrogens is 269 g/mol. The molecule has 0 aliphatic rings. The molecule has 0 aromatic heterocycles. The summed E-state index contributed by atoms with van der Waals surface area (Å²) in [6.45, 7) is 0. The molecule has 1 aromatic rings. The van der Waals surface area contributed by atoms with Gasteiger partial charge in [0.15, 0.2) is 0 Å². The monoisotopic (exact) mass is 275 g/mol. The smallest absolute Gasteiger partial charge is 0.352 e. The molecule has 0 saturated heterocycles. The van der Waals surface area contributed by atoms with Crippen LogP contribution >= 0.6 is 23.2 Å². The quantitative estimate of drug-likeness (QED) is 0.735. The number of carboxylic acids is 2. The molecule has 0 aliphatic carbocycles. The Morgan fingerprint density at radius 2 is 1.65 bits per heavy atom. The number of halogens is 2. The summed E-state index contributed by atoms with van der Waals surface area (Å²) in [4.78, 5) is 21.2. The van der Waals surface area contributed by atoms with Crippen molar-refractivity contribution in [1.82, 2.24) is 0 Å². The summed E-state index contributed by atoms with van der Waals surface area (Å²) in [5.41, 5.74) is -0.201. The number of anilines is 1. The highest BCUT2D eigenvalue weighted by atomic mass is 35.5.